The number of rotatable bonds is 6. The van der Waals surface area contributed by atoms with E-state index < -0.39 is 0 Å². The van der Waals surface area contributed by atoms with Gasteiger partial charge in [-0.15, -0.1) is 12.4 Å². The molecule has 0 radical (unpaired) electrons. The van der Waals surface area contributed by atoms with E-state index in [1.54, 1.807) is 0 Å². The number of halogens is 1. The van der Waals surface area contributed by atoms with Crippen LogP contribution in [0.1, 0.15) is 42.9 Å². The summed E-state index contributed by atoms with van der Waals surface area (Å²) in [6, 6.07) is 18.2. The van der Waals surface area contributed by atoms with Crippen molar-refractivity contribution in [3.05, 3.63) is 65.7 Å². The van der Waals surface area contributed by atoms with Crippen molar-refractivity contribution in [2.45, 2.75) is 38.1 Å². The van der Waals surface area contributed by atoms with Gasteiger partial charge in [0.05, 0.1) is 6.04 Å². The quantitative estimate of drug-likeness (QED) is 0.768. The molecule has 2 aromatic rings. The van der Waals surface area contributed by atoms with Crippen LogP contribution >= 0.6 is 12.4 Å². The maximum absolute atomic E-state index is 12.4. The van der Waals surface area contributed by atoms with E-state index in [4.69, 9.17) is 5.73 Å². The molecular formula is C20H25ClN2O. The Morgan fingerprint density at radius 2 is 1.75 bits per heavy atom. The summed E-state index contributed by atoms with van der Waals surface area (Å²) < 4.78 is 0. The van der Waals surface area contributed by atoms with E-state index in [9.17, 15) is 4.79 Å². The standard InChI is InChI=1S/C20H24N2O.ClH/c21-18-12-5-4-7-15(18)13-14-19(23)22-20(17-10-6-11-17)16-8-2-1-3-9-16;/h1-5,7-9,12,17,20H,6,10-11,13-14,21H2,(H,22,23);1H. The van der Waals surface area contributed by atoms with E-state index in [2.05, 4.69) is 17.4 Å². The summed E-state index contributed by atoms with van der Waals surface area (Å²) >= 11 is 0. The molecule has 1 aliphatic rings. The molecule has 1 aliphatic carbocycles. The fourth-order valence-corrected chi connectivity index (χ4v) is 3.16. The summed E-state index contributed by atoms with van der Waals surface area (Å²) in [7, 11) is 0. The Morgan fingerprint density at radius 3 is 2.38 bits per heavy atom. The molecule has 1 atom stereocenters. The number of para-hydroxylation sites is 1. The molecule has 1 amide bonds. The topological polar surface area (TPSA) is 55.1 Å². The molecule has 0 saturated heterocycles. The SMILES string of the molecule is Cl.Nc1ccccc1CCC(=O)NC(c1ccccc1)C1CCC1. The Balaban J connectivity index is 0.00000208. The second-order valence-electron chi connectivity index (χ2n) is 6.35. The maximum Gasteiger partial charge on any atom is 0.220 e. The highest BCUT2D eigenvalue weighted by Crippen LogP contribution is 2.37. The zero-order chi connectivity index (χ0) is 16.1. The van der Waals surface area contributed by atoms with Gasteiger partial charge in [-0.05, 0) is 42.4 Å². The third kappa shape index (κ3) is 4.51. The third-order valence-corrected chi connectivity index (χ3v) is 4.77. The van der Waals surface area contributed by atoms with Crippen molar-refractivity contribution in [3.63, 3.8) is 0 Å². The molecule has 1 fully saturated rings. The Hall–Kier alpha value is -2.00. The number of benzene rings is 2. The largest absolute Gasteiger partial charge is 0.399 e. The monoisotopic (exact) mass is 344 g/mol. The van der Waals surface area contributed by atoms with Gasteiger partial charge in [0.1, 0.15) is 0 Å². The van der Waals surface area contributed by atoms with E-state index in [1.807, 2.05) is 42.5 Å². The minimum atomic E-state index is 0. The predicted molar refractivity (Wildman–Crippen MR) is 101 cm³/mol. The highest BCUT2D eigenvalue weighted by atomic mass is 35.5. The summed E-state index contributed by atoms with van der Waals surface area (Å²) in [6.45, 7) is 0. The average molecular weight is 345 g/mol. The van der Waals surface area contributed by atoms with Crippen molar-refractivity contribution in [2.24, 2.45) is 5.92 Å². The molecule has 128 valence electrons. The number of amides is 1. The first kappa shape index (κ1) is 18.3. The zero-order valence-electron chi connectivity index (χ0n) is 13.8. The second-order valence-corrected chi connectivity index (χ2v) is 6.35. The Morgan fingerprint density at radius 1 is 1.08 bits per heavy atom. The molecule has 1 unspecified atom stereocenters. The van der Waals surface area contributed by atoms with Crippen LogP contribution in [0.3, 0.4) is 0 Å². The number of nitrogens with one attached hydrogen (secondary N) is 1. The van der Waals surface area contributed by atoms with E-state index in [-0.39, 0.29) is 24.4 Å². The molecule has 2 aromatic carbocycles. The number of aryl methyl sites for hydroxylation is 1. The molecular weight excluding hydrogens is 320 g/mol. The number of nitrogen functional groups attached to an aromatic ring is 1. The molecule has 3 nitrogen and oxygen atoms in total. The summed E-state index contributed by atoms with van der Waals surface area (Å²) in [5, 5.41) is 3.25. The third-order valence-electron chi connectivity index (χ3n) is 4.77. The molecule has 3 rings (SSSR count). The average Bonchev–Trinajstić information content (AvgIpc) is 2.53. The van der Waals surface area contributed by atoms with Crippen LogP contribution in [-0.4, -0.2) is 5.91 Å². The van der Waals surface area contributed by atoms with Crippen LogP contribution in [0.15, 0.2) is 54.6 Å². The molecule has 0 heterocycles. The fourth-order valence-electron chi connectivity index (χ4n) is 3.16. The van der Waals surface area contributed by atoms with Gasteiger partial charge >= 0.3 is 0 Å². The molecule has 0 aromatic heterocycles. The van der Waals surface area contributed by atoms with E-state index in [0.717, 1.165) is 11.3 Å². The normalized spacial score (nSPS) is 15.0. The van der Waals surface area contributed by atoms with E-state index in [0.29, 0.717) is 18.8 Å². The molecule has 24 heavy (non-hydrogen) atoms. The van der Waals surface area contributed by atoms with Gasteiger partial charge in [-0.25, -0.2) is 0 Å². The van der Waals surface area contributed by atoms with Gasteiger partial charge < -0.3 is 11.1 Å². The fraction of sp³-hybridized carbons (Fsp3) is 0.350. The number of hydrogen-bond acceptors (Lipinski definition) is 2. The summed E-state index contributed by atoms with van der Waals surface area (Å²) in [6.07, 6.45) is 4.83. The van der Waals surface area contributed by atoms with Gasteiger partial charge in [0.2, 0.25) is 5.91 Å². The molecule has 0 aliphatic heterocycles. The number of carbonyl (C=O) groups is 1. The van der Waals surface area contributed by atoms with Crippen molar-refractivity contribution < 1.29 is 4.79 Å². The first-order chi connectivity index (χ1) is 11.2. The van der Waals surface area contributed by atoms with Crippen LogP contribution in [0.4, 0.5) is 5.69 Å². The van der Waals surface area contributed by atoms with Crippen molar-refractivity contribution >= 4 is 24.0 Å². The van der Waals surface area contributed by atoms with Crippen molar-refractivity contribution in [1.82, 2.24) is 5.32 Å². The summed E-state index contributed by atoms with van der Waals surface area (Å²) in [4.78, 5) is 12.4. The Kier molecular flexibility index (Phi) is 6.68. The number of hydrogen-bond donors (Lipinski definition) is 2. The number of nitrogens with two attached hydrogens (primary N) is 1. The lowest BCUT2D eigenvalue weighted by Crippen LogP contribution is -2.36. The van der Waals surface area contributed by atoms with Gasteiger partial charge in [0.25, 0.3) is 0 Å². The van der Waals surface area contributed by atoms with Crippen LogP contribution in [0.25, 0.3) is 0 Å². The molecule has 4 heteroatoms. The highest BCUT2D eigenvalue weighted by molar-refractivity contribution is 5.85. The summed E-state index contributed by atoms with van der Waals surface area (Å²) in [5.41, 5.74) is 8.97. The van der Waals surface area contributed by atoms with Crippen molar-refractivity contribution in [2.75, 3.05) is 5.73 Å². The zero-order valence-corrected chi connectivity index (χ0v) is 14.6. The van der Waals surface area contributed by atoms with Crippen LogP contribution in [0, 0.1) is 5.92 Å². The minimum Gasteiger partial charge on any atom is -0.399 e. The van der Waals surface area contributed by atoms with Crippen molar-refractivity contribution in [3.8, 4) is 0 Å². The lowest BCUT2D eigenvalue weighted by atomic mass is 9.77. The lowest BCUT2D eigenvalue weighted by molar-refractivity contribution is -0.122. The maximum atomic E-state index is 12.4. The van der Waals surface area contributed by atoms with Crippen LogP contribution in [0.2, 0.25) is 0 Å². The van der Waals surface area contributed by atoms with Gasteiger partial charge in [-0.3, -0.25) is 4.79 Å². The lowest BCUT2D eigenvalue weighted by Gasteiger charge is -2.34. The first-order valence-electron chi connectivity index (χ1n) is 8.42. The highest BCUT2D eigenvalue weighted by Gasteiger charge is 2.29. The van der Waals surface area contributed by atoms with Gasteiger partial charge in [0.15, 0.2) is 0 Å². The molecule has 0 spiro atoms. The van der Waals surface area contributed by atoms with E-state index in [1.165, 1.54) is 24.8 Å². The van der Waals surface area contributed by atoms with Gasteiger partial charge in [-0.1, -0.05) is 55.0 Å². The molecule has 3 N–H and O–H groups in total. The smallest absolute Gasteiger partial charge is 0.220 e. The first-order valence-corrected chi connectivity index (χ1v) is 8.42. The van der Waals surface area contributed by atoms with Crippen LogP contribution in [-0.2, 0) is 11.2 Å². The Bertz CT molecular complexity index is 656. The Labute approximate surface area is 150 Å². The molecule has 0 bridgehead atoms. The number of anilines is 1. The van der Waals surface area contributed by atoms with Gasteiger partial charge in [0, 0.05) is 12.1 Å². The van der Waals surface area contributed by atoms with E-state index >= 15 is 0 Å². The van der Waals surface area contributed by atoms with Crippen LogP contribution < -0.4 is 11.1 Å². The predicted octanol–water partition coefficient (Wildman–Crippen LogP) is 4.28. The van der Waals surface area contributed by atoms with Crippen molar-refractivity contribution in [1.29, 1.82) is 0 Å². The second kappa shape index (κ2) is 8.74. The molecule has 1 saturated carbocycles. The minimum absolute atomic E-state index is 0. The van der Waals surface area contributed by atoms with Gasteiger partial charge in [-0.2, -0.15) is 0 Å². The summed E-state index contributed by atoms with van der Waals surface area (Å²) in [5.74, 6) is 0.678. The van der Waals surface area contributed by atoms with Crippen LogP contribution in [0.5, 0.6) is 0 Å². The number of carbonyl (C=O) groups excluding carboxylic acids is 1.